The van der Waals surface area contributed by atoms with Gasteiger partial charge in [-0.05, 0) is 51.1 Å². The van der Waals surface area contributed by atoms with E-state index >= 15 is 0 Å². The zero-order valence-electron chi connectivity index (χ0n) is 35.5. The summed E-state index contributed by atoms with van der Waals surface area (Å²) in [7, 11) is 2.54. The maximum Gasteiger partial charge on any atom is 0.407 e. The van der Waals surface area contributed by atoms with Crippen molar-refractivity contribution in [3.8, 4) is 33.6 Å². The molecule has 2 aliphatic rings. The van der Waals surface area contributed by atoms with Gasteiger partial charge in [0.1, 0.15) is 35.8 Å². The fourth-order valence-corrected chi connectivity index (χ4v) is 8.08. The molecule has 4 atom stereocenters. The second-order valence-electron chi connectivity index (χ2n) is 15.8. The van der Waals surface area contributed by atoms with Crippen molar-refractivity contribution >= 4 is 34.8 Å². The Labute approximate surface area is 364 Å². The van der Waals surface area contributed by atoms with Gasteiger partial charge in [-0.25, -0.2) is 19.6 Å². The quantitative estimate of drug-likeness (QED) is 0.111. The van der Waals surface area contributed by atoms with Crippen LogP contribution in [0.5, 0.6) is 0 Å². The van der Waals surface area contributed by atoms with E-state index in [0.717, 1.165) is 44.4 Å². The minimum Gasteiger partial charge on any atom is -0.453 e. The van der Waals surface area contributed by atoms with Crippen molar-refractivity contribution in [2.75, 3.05) is 53.7 Å². The van der Waals surface area contributed by atoms with Gasteiger partial charge in [-0.3, -0.25) is 9.59 Å². The molecule has 4 heterocycles. The third kappa shape index (κ3) is 9.27. The van der Waals surface area contributed by atoms with Crippen LogP contribution in [0.2, 0.25) is 0 Å². The first kappa shape index (κ1) is 42.6. The molecule has 16 nitrogen and oxygen atoms in total. The normalized spacial score (nSPS) is 17.5. The van der Waals surface area contributed by atoms with Crippen molar-refractivity contribution in [3.63, 3.8) is 0 Å². The highest BCUT2D eigenvalue weighted by molar-refractivity contribution is 5.91. The fraction of sp³-hybridized carbons (Fsp3) is 0.319. The number of aromatic nitrogens is 4. The number of imidazole rings is 2. The summed E-state index contributed by atoms with van der Waals surface area (Å²) in [6, 6.07) is 27.2. The summed E-state index contributed by atoms with van der Waals surface area (Å²) in [5.74, 6) is 0.523. The summed E-state index contributed by atoms with van der Waals surface area (Å²) in [6.45, 7) is 5.72. The molecule has 0 aliphatic carbocycles. The largest absolute Gasteiger partial charge is 0.453 e. The number of ether oxygens (including phenoxy) is 4. The van der Waals surface area contributed by atoms with Crippen LogP contribution in [-0.4, -0.2) is 114 Å². The number of carbonyl (C=O) groups excluding carboxylic acids is 4. The Morgan fingerprint density at radius 2 is 1.16 bits per heavy atom. The van der Waals surface area contributed by atoms with E-state index in [-0.39, 0.29) is 30.9 Å². The molecule has 4 aromatic carbocycles. The van der Waals surface area contributed by atoms with Gasteiger partial charge in [0.25, 0.3) is 5.91 Å². The summed E-state index contributed by atoms with van der Waals surface area (Å²) in [6.07, 6.45) is 2.17. The SMILES string of the molecule is COC(=O)NC(C(=O)N1CCOCC1c1ncc(-c2ccc(-c3ccc4cc(-c5cnc(C6COCCN6C(=O)C(NC(=O)OC)C(C)C)[nH]5)ccc4c3)cc2)[nH]1)c1ccccc1. The molecule has 2 saturated heterocycles. The van der Waals surface area contributed by atoms with E-state index in [1.807, 2.05) is 50.2 Å². The van der Waals surface area contributed by atoms with Crippen LogP contribution in [0.3, 0.4) is 0 Å². The van der Waals surface area contributed by atoms with Gasteiger partial charge in [0.15, 0.2) is 0 Å². The minimum absolute atomic E-state index is 0.156. The number of hydrogen-bond donors (Lipinski definition) is 4. The smallest absolute Gasteiger partial charge is 0.407 e. The van der Waals surface area contributed by atoms with Crippen molar-refractivity contribution in [1.82, 2.24) is 40.4 Å². The molecular formula is C47H50N8O8. The number of H-pyrrole nitrogens is 2. The van der Waals surface area contributed by atoms with Crippen molar-refractivity contribution in [2.45, 2.75) is 38.0 Å². The standard InChI is InChI=1S/C47H50N8O8/c1-28(2)40(52-46(58)60-3)44(56)54-18-20-62-26-38(54)43-49-25-37(51-43)35-17-16-33-22-32(14-15-34(33)23-35)29-10-12-30(13-11-29)36-24-48-42(50-36)39-27-63-21-19-55(39)45(57)41(53-47(59)61-4)31-8-6-5-7-9-31/h5-17,22-25,28,38-41H,18-21,26-27H2,1-4H3,(H,48,50)(H,49,51)(H,52,58)(H,53,59). The number of hydrogen-bond acceptors (Lipinski definition) is 10. The molecule has 4 N–H and O–H groups in total. The van der Waals surface area contributed by atoms with Crippen molar-refractivity contribution in [1.29, 1.82) is 0 Å². The molecule has 2 aliphatic heterocycles. The molecule has 63 heavy (non-hydrogen) atoms. The van der Waals surface area contributed by atoms with Gasteiger partial charge >= 0.3 is 12.2 Å². The number of benzene rings is 4. The number of fused-ring (bicyclic) bond motifs is 1. The van der Waals surface area contributed by atoms with Crippen LogP contribution < -0.4 is 10.6 Å². The average molecular weight is 855 g/mol. The van der Waals surface area contributed by atoms with E-state index in [1.165, 1.54) is 14.2 Å². The third-order valence-electron chi connectivity index (χ3n) is 11.5. The molecule has 2 aromatic heterocycles. The molecule has 4 amide bonds. The van der Waals surface area contributed by atoms with Crippen molar-refractivity contribution in [2.24, 2.45) is 5.92 Å². The summed E-state index contributed by atoms with van der Waals surface area (Å²) in [4.78, 5) is 71.6. The number of alkyl carbamates (subject to hydrolysis) is 2. The first-order valence-corrected chi connectivity index (χ1v) is 20.9. The lowest BCUT2D eigenvalue weighted by Gasteiger charge is -2.37. The summed E-state index contributed by atoms with van der Waals surface area (Å²) >= 11 is 0. The van der Waals surface area contributed by atoms with Gasteiger partial charge in [0, 0.05) is 18.7 Å². The fourth-order valence-electron chi connectivity index (χ4n) is 8.08. The molecule has 0 radical (unpaired) electrons. The Morgan fingerprint density at radius 3 is 1.75 bits per heavy atom. The van der Waals surface area contributed by atoms with E-state index in [0.29, 0.717) is 43.5 Å². The van der Waals surface area contributed by atoms with E-state index in [1.54, 1.807) is 34.3 Å². The second-order valence-corrected chi connectivity index (χ2v) is 15.8. The highest BCUT2D eigenvalue weighted by Gasteiger charge is 2.38. The molecule has 2 fully saturated rings. The Hall–Kier alpha value is -7.04. The third-order valence-corrected chi connectivity index (χ3v) is 11.5. The summed E-state index contributed by atoms with van der Waals surface area (Å²) in [5, 5.41) is 7.50. The summed E-state index contributed by atoms with van der Waals surface area (Å²) < 4.78 is 21.2. The molecule has 8 rings (SSSR count). The number of nitrogens with zero attached hydrogens (tertiary/aromatic N) is 4. The van der Waals surface area contributed by atoms with Crippen LogP contribution in [0, 0.1) is 5.92 Å². The van der Waals surface area contributed by atoms with E-state index in [2.05, 4.69) is 73.0 Å². The van der Waals surface area contributed by atoms with Crippen molar-refractivity contribution in [3.05, 3.63) is 121 Å². The van der Waals surface area contributed by atoms with Crippen molar-refractivity contribution < 1.29 is 38.1 Å². The number of amides is 4. The zero-order valence-corrected chi connectivity index (χ0v) is 35.5. The van der Waals surface area contributed by atoms with Gasteiger partial charge in [0.05, 0.1) is 64.4 Å². The lowest BCUT2D eigenvalue weighted by Crippen LogP contribution is -2.54. The van der Waals surface area contributed by atoms with Gasteiger partial charge < -0.3 is 49.3 Å². The van der Waals surface area contributed by atoms with Crippen LogP contribution in [-0.2, 0) is 28.5 Å². The van der Waals surface area contributed by atoms with Crippen LogP contribution >= 0.6 is 0 Å². The molecule has 16 heteroatoms. The van der Waals surface area contributed by atoms with Gasteiger partial charge in [-0.1, -0.05) is 92.7 Å². The topological polar surface area (TPSA) is 193 Å². The molecule has 6 aromatic rings. The minimum atomic E-state index is -0.944. The highest BCUT2D eigenvalue weighted by Crippen LogP contribution is 2.33. The molecule has 0 spiro atoms. The monoisotopic (exact) mass is 854 g/mol. The van der Waals surface area contributed by atoms with Crippen LogP contribution in [0.15, 0.2) is 103 Å². The van der Waals surface area contributed by atoms with Gasteiger partial charge in [0.2, 0.25) is 5.91 Å². The number of morpholine rings is 2. The van der Waals surface area contributed by atoms with E-state index < -0.39 is 36.4 Å². The number of rotatable bonds is 11. The number of carbonyl (C=O) groups is 4. The lowest BCUT2D eigenvalue weighted by molar-refractivity contribution is -0.144. The molecule has 0 bridgehead atoms. The molecule has 4 unspecified atom stereocenters. The lowest BCUT2D eigenvalue weighted by atomic mass is 9.98. The van der Waals surface area contributed by atoms with E-state index in [9.17, 15) is 19.2 Å². The highest BCUT2D eigenvalue weighted by atomic mass is 16.5. The van der Waals surface area contributed by atoms with Crippen LogP contribution in [0.25, 0.3) is 44.4 Å². The molecule has 0 saturated carbocycles. The number of methoxy groups -OCH3 is 2. The zero-order chi connectivity index (χ0) is 44.0. The van der Waals surface area contributed by atoms with E-state index in [4.69, 9.17) is 18.9 Å². The molecular weight excluding hydrogens is 805 g/mol. The average Bonchev–Trinajstić information content (AvgIpc) is 4.03. The number of nitrogens with one attached hydrogen (secondary N) is 4. The predicted octanol–water partition coefficient (Wildman–Crippen LogP) is 6.56. The second kappa shape index (κ2) is 18.9. The predicted molar refractivity (Wildman–Crippen MR) is 234 cm³/mol. The maximum atomic E-state index is 14.0. The maximum absolute atomic E-state index is 14.0. The Bertz CT molecular complexity index is 2580. The van der Waals surface area contributed by atoms with Crippen LogP contribution in [0.4, 0.5) is 9.59 Å². The van der Waals surface area contributed by atoms with Gasteiger partial charge in [-0.15, -0.1) is 0 Å². The Morgan fingerprint density at radius 1 is 0.651 bits per heavy atom. The number of aromatic amines is 2. The molecule has 326 valence electrons. The Balaban J connectivity index is 0.955. The van der Waals surface area contributed by atoms with Gasteiger partial charge in [-0.2, -0.15) is 0 Å². The summed E-state index contributed by atoms with van der Waals surface area (Å²) in [5.41, 5.74) is 6.21. The first-order chi connectivity index (χ1) is 30.6. The van der Waals surface area contributed by atoms with Crippen LogP contribution in [0.1, 0.15) is 49.2 Å². The first-order valence-electron chi connectivity index (χ1n) is 20.9. The Kier molecular flexibility index (Phi) is 12.8.